The summed E-state index contributed by atoms with van der Waals surface area (Å²) >= 11 is 0. The first kappa shape index (κ1) is 22.2. The van der Waals surface area contributed by atoms with Gasteiger partial charge in [0.2, 0.25) is 0 Å². The van der Waals surface area contributed by atoms with Crippen molar-refractivity contribution in [3.05, 3.63) is 36.5 Å². The molecule has 2 saturated heterocycles. The van der Waals surface area contributed by atoms with Gasteiger partial charge >= 0.3 is 0 Å². The molecule has 1 unspecified atom stereocenters. The molecule has 0 radical (unpaired) electrons. The molecule has 0 aliphatic carbocycles. The molecule has 176 valence electrons. The number of methoxy groups -OCH3 is 1. The number of pyridine rings is 1. The highest BCUT2D eigenvalue weighted by molar-refractivity contribution is 5.86. The molecule has 7 heteroatoms. The summed E-state index contributed by atoms with van der Waals surface area (Å²) in [7, 11) is 3.87. The largest absolute Gasteiger partial charge is 0.494 e. The number of rotatable bonds is 5. The number of para-hydroxylation sites is 1. The smallest absolute Gasteiger partial charge is 0.144 e. The second kappa shape index (κ2) is 8.95. The number of imidazole rings is 1. The molecule has 4 atom stereocenters. The second-order valence-electron chi connectivity index (χ2n) is 9.75. The van der Waals surface area contributed by atoms with Crippen molar-refractivity contribution in [2.75, 3.05) is 32.1 Å². The Morgan fingerprint density at radius 1 is 1.06 bits per heavy atom. The maximum atomic E-state index is 6.30. The Kier molecular flexibility index (Phi) is 6.01. The van der Waals surface area contributed by atoms with Gasteiger partial charge in [0.25, 0.3) is 0 Å². The van der Waals surface area contributed by atoms with Gasteiger partial charge in [0, 0.05) is 36.9 Å². The van der Waals surface area contributed by atoms with Crippen molar-refractivity contribution in [2.45, 2.75) is 64.4 Å². The predicted octanol–water partition coefficient (Wildman–Crippen LogP) is 4.20. The van der Waals surface area contributed by atoms with Crippen LogP contribution in [0.1, 0.15) is 33.6 Å². The van der Waals surface area contributed by atoms with Crippen molar-refractivity contribution in [1.29, 1.82) is 0 Å². The Labute approximate surface area is 196 Å². The van der Waals surface area contributed by atoms with Crippen LogP contribution in [0.4, 0.5) is 5.82 Å². The number of hydrogen-bond acceptors (Lipinski definition) is 6. The Hall–Kier alpha value is -2.64. The van der Waals surface area contributed by atoms with Gasteiger partial charge < -0.3 is 23.8 Å². The van der Waals surface area contributed by atoms with Gasteiger partial charge in [0.1, 0.15) is 22.9 Å². The third-order valence-corrected chi connectivity index (χ3v) is 7.07. The van der Waals surface area contributed by atoms with Gasteiger partial charge in [-0.25, -0.2) is 9.97 Å². The van der Waals surface area contributed by atoms with Crippen LogP contribution >= 0.6 is 0 Å². The molecule has 7 nitrogen and oxygen atoms in total. The lowest BCUT2D eigenvalue weighted by Gasteiger charge is -2.35. The lowest BCUT2D eigenvalue weighted by atomic mass is 10.2. The maximum Gasteiger partial charge on any atom is 0.144 e. The third-order valence-electron chi connectivity index (χ3n) is 7.07. The predicted molar refractivity (Wildman–Crippen MR) is 132 cm³/mol. The van der Waals surface area contributed by atoms with E-state index in [9.17, 15) is 0 Å². The summed E-state index contributed by atoms with van der Waals surface area (Å²) in [5, 5.41) is 0. The zero-order valence-corrected chi connectivity index (χ0v) is 20.4. The molecule has 2 aliphatic rings. The fraction of sp³-hybridized carbons (Fsp3) is 0.538. The zero-order valence-electron chi connectivity index (χ0n) is 20.4. The second-order valence-corrected chi connectivity index (χ2v) is 9.75. The monoisotopic (exact) mass is 449 g/mol. The Morgan fingerprint density at radius 3 is 2.52 bits per heavy atom. The van der Waals surface area contributed by atoms with Crippen LogP contribution < -0.4 is 9.64 Å². The number of morpholine rings is 1. The Bertz CT molecular complexity index is 1090. The normalized spacial score (nSPS) is 26.3. The molecule has 0 amide bonds. The number of anilines is 1. The van der Waals surface area contributed by atoms with E-state index in [1.807, 2.05) is 24.4 Å². The van der Waals surface area contributed by atoms with E-state index in [0.717, 1.165) is 47.1 Å². The average molecular weight is 450 g/mol. The molecule has 2 fully saturated rings. The topological polar surface area (TPSA) is 55.7 Å². The molecule has 0 N–H and O–H groups in total. The quantitative estimate of drug-likeness (QED) is 0.582. The first-order chi connectivity index (χ1) is 15.9. The van der Waals surface area contributed by atoms with Crippen molar-refractivity contribution >= 4 is 16.9 Å². The fourth-order valence-electron chi connectivity index (χ4n) is 5.61. The van der Waals surface area contributed by atoms with E-state index < -0.39 is 0 Å². The summed E-state index contributed by atoms with van der Waals surface area (Å²) in [5.41, 5.74) is 2.94. The fourth-order valence-corrected chi connectivity index (χ4v) is 5.61. The minimum absolute atomic E-state index is 0.0818. The number of ether oxygens (including phenoxy) is 2. The van der Waals surface area contributed by atoms with Crippen LogP contribution in [0.15, 0.2) is 36.5 Å². The van der Waals surface area contributed by atoms with Crippen LogP contribution in [0.3, 0.4) is 0 Å². The molecule has 0 spiro atoms. The minimum atomic E-state index is 0.0818. The van der Waals surface area contributed by atoms with Gasteiger partial charge in [-0.1, -0.05) is 6.07 Å². The van der Waals surface area contributed by atoms with Gasteiger partial charge in [-0.3, -0.25) is 0 Å². The Balaban J connectivity index is 1.54. The summed E-state index contributed by atoms with van der Waals surface area (Å²) in [6.07, 6.45) is 4.69. The molecule has 3 aromatic rings. The van der Waals surface area contributed by atoms with Gasteiger partial charge in [-0.2, -0.15) is 0 Å². The number of nitrogens with zero attached hydrogens (tertiary/aromatic N) is 5. The SMILES string of the molecule is COc1cccc2nc(-c3ccc(N4[C@@H](C)CC[C@@H]4C)nc3)n(CC3CN(C)C[C@H](C)O3)c12. The number of fused-ring (bicyclic) bond motifs is 1. The summed E-state index contributed by atoms with van der Waals surface area (Å²) in [5.74, 6) is 2.77. The van der Waals surface area contributed by atoms with E-state index in [2.05, 4.69) is 54.3 Å². The van der Waals surface area contributed by atoms with Crippen LogP contribution in [-0.4, -0.2) is 71.0 Å². The summed E-state index contributed by atoms with van der Waals surface area (Å²) in [6, 6.07) is 11.4. The van der Waals surface area contributed by atoms with Gasteiger partial charge in [-0.05, 0) is 64.9 Å². The molecule has 0 saturated carbocycles. The number of benzene rings is 1. The van der Waals surface area contributed by atoms with E-state index in [-0.39, 0.29) is 12.2 Å². The van der Waals surface area contributed by atoms with Crippen molar-refractivity contribution in [2.24, 2.45) is 0 Å². The van der Waals surface area contributed by atoms with E-state index in [0.29, 0.717) is 18.6 Å². The molecular weight excluding hydrogens is 414 g/mol. The van der Waals surface area contributed by atoms with E-state index >= 15 is 0 Å². The van der Waals surface area contributed by atoms with Crippen molar-refractivity contribution in [3.8, 4) is 17.1 Å². The van der Waals surface area contributed by atoms with Crippen LogP contribution in [0.25, 0.3) is 22.4 Å². The van der Waals surface area contributed by atoms with Crippen LogP contribution in [0.5, 0.6) is 5.75 Å². The van der Waals surface area contributed by atoms with E-state index in [1.165, 1.54) is 12.8 Å². The highest BCUT2D eigenvalue weighted by atomic mass is 16.5. The molecule has 33 heavy (non-hydrogen) atoms. The number of hydrogen-bond donors (Lipinski definition) is 0. The Morgan fingerprint density at radius 2 is 1.85 bits per heavy atom. The first-order valence-electron chi connectivity index (χ1n) is 12.1. The highest BCUT2D eigenvalue weighted by Crippen LogP contribution is 2.34. The van der Waals surface area contributed by atoms with Crippen LogP contribution in [-0.2, 0) is 11.3 Å². The summed E-state index contributed by atoms with van der Waals surface area (Å²) in [6.45, 7) is 9.26. The molecule has 0 bridgehead atoms. The minimum Gasteiger partial charge on any atom is -0.494 e. The molecule has 5 rings (SSSR count). The average Bonchev–Trinajstić information content (AvgIpc) is 3.32. The van der Waals surface area contributed by atoms with Crippen molar-refractivity contribution < 1.29 is 9.47 Å². The van der Waals surface area contributed by atoms with Crippen molar-refractivity contribution in [1.82, 2.24) is 19.4 Å². The van der Waals surface area contributed by atoms with E-state index in [4.69, 9.17) is 19.4 Å². The van der Waals surface area contributed by atoms with Crippen molar-refractivity contribution in [3.63, 3.8) is 0 Å². The summed E-state index contributed by atoms with van der Waals surface area (Å²) in [4.78, 5) is 14.6. The molecule has 4 heterocycles. The standard InChI is InChI=1S/C26H35N5O2/c1-17-9-10-18(2)31(17)24-12-11-20(13-27-24)26-28-22-7-6-8-23(32-5)25(22)30(26)16-21-15-29(4)14-19(3)33-21/h6-8,11-13,17-19,21H,9-10,14-16H2,1-5H3/t17-,18-,19-,21?/m0/s1. The lowest BCUT2D eigenvalue weighted by Crippen LogP contribution is -2.46. The molecule has 2 aliphatic heterocycles. The van der Waals surface area contributed by atoms with E-state index in [1.54, 1.807) is 7.11 Å². The van der Waals surface area contributed by atoms with Crippen LogP contribution in [0.2, 0.25) is 0 Å². The number of likely N-dealkylation sites (N-methyl/N-ethyl adjacent to an activating group) is 1. The zero-order chi connectivity index (χ0) is 23.1. The highest BCUT2D eigenvalue weighted by Gasteiger charge is 2.29. The molecule has 2 aromatic heterocycles. The first-order valence-corrected chi connectivity index (χ1v) is 12.1. The van der Waals surface area contributed by atoms with Gasteiger partial charge in [-0.15, -0.1) is 0 Å². The summed E-state index contributed by atoms with van der Waals surface area (Å²) < 4.78 is 14.3. The third kappa shape index (κ3) is 4.20. The number of aromatic nitrogens is 3. The van der Waals surface area contributed by atoms with Crippen LogP contribution in [0, 0.1) is 0 Å². The van der Waals surface area contributed by atoms with Gasteiger partial charge in [0.15, 0.2) is 0 Å². The van der Waals surface area contributed by atoms with Gasteiger partial charge in [0.05, 0.1) is 31.4 Å². The lowest BCUT2D eigenvalue weighted by molar-refractivity contribution is -0.0752. The molecular formula is C26H35N5O2. The molecule has 1 aromatic carbocycles. The maximum absolute atomic E-state index is 6.30.